The second-order valence-corrected chi connectivity index (χ2v) is 6.82. The van der Waals surface area contributed by atoms with Crippen molar-refractivity contribution in [3.8, 4) is 5.75 Å². The van der Waals surface area contributed by atoms with Crippen molar-refractivity contribution in [2.45, 2.75) is 38.8 Å². The average molecular weight is 398 g/mol. The molecular formula is C13H17ClINO3. The summed E-state index contributed by atoms with van der Waals surface area (Å²) in [6.45, 7) is 5.36. The number of phenols is 1. The number of carbonyl (C=O) groups is 1. The number of esters is 1. The van der Waals surface area contributed by atoms with Crippen LogP contribution in [0.4, 0.5) is 0 Å². The fraction of sp³-hybridized carbons (Fsp3) is 0.462. The lowest BCUT2D eigenvalue weighted by Crippen LogP contribution is -2.26. The van der Waals surface area contributed by atoms with Gasteiger partial charge in [0.15, 0.2) is 0 Å². The summed E-state index contributed by atoms with van der Waals surface area (Å²) < 4.78 is 5.79. The highest BCUT2D eigenvalue weighted by atomic mass is 127. The standard InChI is InChI=1S/C13H17ClINO3/c1-13(2,3)19-11(17)6-10(16)8-4-7(14)5-9(15)12(8)18/h4-5,10,18H,6,16H2,1-3H3/t10-/m0/s1. The number of nitrogens with two attached hydrogens (primary N) is 1. The summed E-state index contributed by atoms with van der Waals surface area (Å²) in [7, 11) is 0. The number of phenolic OH excluding ortho intramolecular Hbond substituents is 1. The van der Waals surface area contributed by atoms with Crippen LogP contribution in [0.25, 0.3) is 0 Å². The van der Waals surface area contributed by atoms with Gasteiger partial charge in [0.25, 0.3) is 0 Å². The highest BCUT2D eigenvalue weighted by Gasteiger charge is 2.22. The van der Waals surface area contributed by atoms with Crippen molar-refractivity contribution in [1.29, 1.82) is 0 Å². The van der Waals surface area contributed by atoms with Gasteiger partial charge in [0.05, 0.1) is 9.99 Å². The normalized spacial score (nSPS) is 13.2. The van der Waals surface area contributed by atoms with E-state index in [1.54, 1.807) is 32.9 Å². The lowest BCUT2D eigenvalue weighted by atomic mass is 10.0. The summed E-state index contributed by atoms with van der Waals surface area (Å²) in [5.41, 5.74) is 5.82. The minimum atomic E-state index is -0.651. The van der Waals surface area contributed by atoms with E-state index in [2.05, 4.69) is 0 Å². The number of rotatable bonds is 3. The molecule has 3 N–H and O–H groups in total. The zero-order valence-electron chi connectivity index (χ0n) is 11.0. The zero-order valence-corrected chi connectivity index (χ0v) is 13.9. The SMILES string of the molecule is CC(C)(C)OC(=O)C[C@H](N)c1cc(Cl)cc(I)c1O. The summed E-state index contributed by atoms with van der Waals surface area (Å²) in [5, 5.41) is 10.4. The summed E-state index contributed by atoms with van der Waals surface area (Å²) in [6, 6.07) is 2.54. The van der Waals surface area contributed by atoms with Crippen LogP contribution in [-0.4, -0.2) is 16.7 Å². The third-order valence-corrected chi connectivity index (χ3v) is 3.30. The molecular weight excluding hydrogens is 381 g/mol. The van der Waals surface area contributed by atoms with Crippen molar-refractivity contribution >= 4 is 40.2 Å². The molecule has 0 saturated carbocycles. The van der Waals surface area contributed by atoms with Crippen LogP contribution in [-0.2, 0) is 9.53 Å². The third kappa shape index (κ3) is 5.16. The zero-order chi connectivity index (χ0) is 14.8. The van der Waals surface area contributed by atoms with Gasteiger partial charge in [-0.2, -0.15) is 0 Å². The molecule has 0 amide bonds. The fourth-order valence-electron chi connectivity index (χ4n) is 1.54. The van der Waals surface area contributed by atoms with Gasteiger partial charge >= 0.3 is 5.97 Å². The summed E-state index contributed by atoms with van der Waals surface area (Å²) in [5.74, 6) is -0.351. The Bertz CT molecular complexity index is 486. The molecule has 1 aromatic carbocycles. The quantitative estimate of drug-likeness (QED) is 0.606. The Kier molecular flexibility index (Phi) is 5.46. The number of ether oxygens (including phenoxy) is 1. The molecule has 0 aliphatic heterocycles. The van der Waals surface area contributed by atoms with Crippen LogP contribution in [0.3, 0.4) is 0 Å². The molecule has 19 heavy (non-hydrogen) atoms. The highest BCUT2D eigenvalue weighted by molar-refractivity contribution is 14.1. The van der Waals surface area contributed by atoms with Crippen LogP contribution >= 0.6 is 34.2 Å². The second kappa shape index (κ2) is 6.28. The molecule has 0 saturated heterocycles. The van der Waals surface area contributed by atoms with Crippen molar-refractivity contribution in [2.75, 3.05) is 0 Å². The first-order valence-corrected chi connectivity index (χ1v) is 7.21. The molecule has 0 spiro atoms. The Morgan fingerprint density at radius 1 is 1.53 bits per heavy atom. The minimum Gasteiger partial charge on any atom is -0.506 e. The Morgan fingerprint density at radius 3 is 2.63 bits per heavy atom. The molecule has 6 heteroatoms. The molecule has 0 radical (unpaired) electrons. The van der Waals surface area contributed by atoms with E-state index >= 15 is 0 Å². The average Bonchev–Trinajstić information content (AvgIpc) is 2.20. The number of hydrogen-bond donors (Lipinski definition) is 2. The van der Waals surface area contributed by atoms with Gasteiger partial charge in [-0.25, -0.2) is 0 Å². The number of aromatic hydroxyl groups is 1. The molecule has 0 fully saturated rings. The van der Waals surface area contributed by atoms with Crippen molar-refractivity contribution < 1.29 is 14.6 Å². The van der Waals surface area contributed by atoms with Crippen LogP contribution in [0.15, 0.2) is 12.1 Å². The molecule has 0 heterocycles. The van der Waals surface area contributed by atoms with E-state index in [1.807, 2.05) is 22.6 Å². The monoisotopic (exact) mass is 397 g/mol. The predicted molar refractivity (Wildman–Crippen MR) is 83.2 cm³/mol. The van der Waals surface area contributed by atoms with Gasteiger partial charge in [0, 0.05) is 16.6 Å². The van der Waals surface area contributed by atoms with Gasteiger partial charge in [0.1, 0.15) is 11.4 Å². The lowest BCUT2D eigenvalue weighted by molar-refractivity contribution is -0.155. The first-order valence-electron chi connectivity index (χ1n) is 5.75. The molecule has 106 valence electrons. The van der Waals surface area contributed by atoms with Crippen molar-refractivity contribution in [3.63, 3.8) is 0 Å². The van der Waals surface area contributed by atoms with Crippen LogP contribution in [0.1, 0.15) is 38.8 Å². The van der Waals surface area contributed by atoms with Crippen molar-refractivity contribution in [1.82, 2.24) is 0 Å². The molecule has 1 aromatic rings. The van der Waals surface area contributed by atoms with Crippen LogP contribution in [0.5, 0.6) is 5.75 Å². The first kappa shape index (κ1) is 16.5. The molecule has 0 aromatic heterocycles. The molecule has 0 aliphatic carbocycles. The highest BCUT2D eigenvalue weighted by Crippen LogP contribution is 2.33. The number of halogens is 2. The van der Waals surface area contributed by atoms with Gasteiger partial charge in [0.2, 0.25) is 0 Å². The molecule has 1 rings (SSSR count). The molecule has 0 bridgehead atoms. The molecule has 0 unspecified atom stereocenters. The predicted octanol–water partition coefficient (Wildman–Crippen LogP) is 3.38. The topological polar surface area (TPSA) is 72.5 Å². The lowest BCUT2D eigenvalue weighted by Gasteiger charge is -2.21. The van der Waals surface area contributed by atoms with Gasteiger partial charge in [-0.3, -0.25) is 4.79 Å². The third-order valence-electron chi connectivity index (χ3n) is 2.26. The van der Waals surface area contributed by atoms with Gasteiger partial charge in [-0.05, 0) is 55.5 Å². The van der Waals surface area contributed by atoms with E-state index in [1.165, 1.54) is 0 Å². The van der Waals surface area contributed by atoms with Crippen LogP contribution in [0.2, 0.25) is 5.02 Å². The fourth-order valence-corrected chi connectivity index (χ4v) is 2.60. The smallest absolute Gasteiger partial charge is 0.308 e. The maximum absolute atomic E-state index is 11.7. The summed E-state index contributed by atoms with van der Waals surface area (Å²) >= 11 is 7.88. The maximum atomic E-state index is 11.7. The number of hydrogen-bond acceptors (Lipinski definition) is 4. The Labute approximate surface area is 131 Å². The minimum absolute atomic E-state index is 0.0126. The van der Waals surface area contributed by atoms with Gasteiger partial charge in [-0.1, -0.05) is 11.6 Å². The number of carbonyl (C=O) groups excluding carboxylic acids is 1. The van der Waals surface area contributed by atoms with Crippen molar-refractivity contribution in [3.05, 3.63) is 26.3 Å². The van der Waals surface area contributed by atoms with E-state index in [9.17, 15) is 9.90 Å². The molecule has 1 atom stereocenters. The maximum Gasteiger partial charge on any atom is 0.308 e. The Balaban J connectivity index is 2.84. The van der Waals surface area contributed by atoms with E-state index in [-0.39, 0.29) is 12.2 Å². The van der Waals surface area contributed by atoms with Gasteiger partial charge in [-0.15, -0.1) is 0 Å². The Hall–Kier alpha value is -0.530. The van der Waals surface area contributed by atoms with E-state index < -0.39 is 17.6 Å². The molecule has 0 aliphatic rings. The van der Waals surface area contributed by atoms with Crippen LogP contribution in [0, 0.1) is 3.57 Å². The first-order chi connectivity index (χ1) is 8.60. The largest absolute Gasteiger partial charge is 0.506 e. The van der Waals surface area contributed by atoms with E-state index in [0.29, 0.717) is 14.2 Å². The Morgan fingerprint density at radius 2 is 2.11 bits per heavy atom. The molecule has 4 nitrogen and oxygen atoms in total. The van der Waals surface area contributed by atoms with Crippen LogP contribution < -0.4 is 5.73 Å². The van der Waals surface area contributed by atoms with Gasteiger partial charge < -0.3 is 15.6 Å². The number of benzene rings is 1. The summed E-state index contributed by atoms with van der Waals surface area (Å²) in [6.07, 6.45) is -0.0126. The van der Waals surface area contributed by atoms with E-state index in [0.717, 1.165) is 0 Å². The van der Waals surface area contributed by atoms with E-state index in [4.69, 9.17) is 22.1 Å². The van der Waals surface area contributed by atoms with Crippen molar-refractivity contribution in [2.24, 2.45) is 5.73 Å². The second-order valence-electron chi connectivity index (χ2n) is 5.22. The summed E-state index contributed by atoms with van der Waals surface area (Å²) in [4.78, 5) is 11.7.